The van der Waals surface area contributed by atoms with Crippen molar-refractivity contribution in [3.63, 3.8) is 0 Å². The summed E-state index contributed by atoms with van der Waals surface area (Å²) >= 11 is 0. The number of carbonyl (C=O) groups is 1. The smallest absolute Gasteiger partial charge is 0.410 e. The summed E-state index contributed by atoms with van der Waals surface area (Å²) in [6, 6.07) is 3.31. The van der Waals surface area contributed by atoms with Crippen LogP contribution in [0.1, 0.15) is 45.6 Å². The number of aromatic nitrogens is 2. The van der Waals surface area contributed by atoms with Gasteiger partial charge in [-0.2, -0.15) is 0 Å². The molecule has 7 nitrogen and oxygen atoms in total. The number of hydrogen-bond acceptors (Lipinski definition) is 6. The van der Waals surface area contributed by atoms with Crippen molar-refractivity contribution in [3.05, 3.63) is 29.7 Å². The van der Waals surface area contributed by atoms with Gasteiger partial charge < -0.3 is 20.1 Å². The molecule has 3 heterocycles. The third-order valence-electron chi connectivity index (χ3n) is 5.05. The fraction of sp³-hybridized carbons (Fsp3) is 0.571. The lowest BCUT2D eigenvalue weighted by Crippen LogP contribution is -2.52. The zero-order valence-electron chi connectivity index (χ0n) is 17.4. The molecule has 0 unspecified atom stereocenters. The van der Waals surface area contributed by atoms with Gasteiger partial charge in [0.25, 0.3) is 0 Å². The van der Waals surface area contributed by atoms with Crippen molar-refractivity contribution in [3.8, 4) is 5.88 Å². The molecule has 0 spiro atoms. The molecule has 2 atom stereocenters. The molecule has 2 aromatic rings. The van der Waals surface area contributed by atoms with E-state index < -0.39 is 11.4 Å². The van der Waals surface area contributed by atoms with Gasteiger partial charge in [0.15, 0.2) is 0 Å². The van der Waals surface area contributed by atoms with E-state index in [1.54, 1.807) is 17.0 Å². The summed E-state index contributed by atoms with van der Waals surface area (Å²) in [6.45, 7) is 5.94. The summed E-state index contributed by atoms with van der Waals surface area (Å²) in [5.74, 6) is -0.000228. The maximum Gasteiger partial charge on any atom is 0.410 e. The quantitative estimate of drug-likeness (QED) is 0.840. The van der Waals surface area contributed by atoms with Crippen LogP contribution >= 0.6 is 0 Å². The lowest BCUT2D eigenvalue weighted by molar-refractivity contribution is 0.00668. The minimum Gasteiger partial charge on any atom is -0.481 e. The van der Waals surface area contributed by atoms with Crippen LogP contribution in [0.15, 0.2) is 18.3 Å². The molecule has 0 saturated carbocycles. The van der Waals surface area contributed by atoms with E-state index in [0.29, 0.717) is 41.9 Å². The Labute approximate surface area is 170 Å². The maximum absolute atomic E-state index is 14.6. The Bertz CT molecular complexity index is 884. The van der Waals surface area contributed by atoms with Crippen LogP contribution < -0.4 is 10.5 Å². The van der Waals surface area contributed by atoms with Crippen LogP contribution in [0.3, 0.4) is 0 Å². The van der Waals surface area contributed by atoms with Gasteiger partial charge in [-0.25, -0.2) is 14.2 Å². The average molecular weight is 404 g/mol. The van der Waals surface area contributed by atoms with Crippen molar-refractivity contribution in [2.45, 2.75) is 64.1 Å². The number of rotatable bonds is 4. The Morgan fingerprint density at radius 3 is 2.79 bits per heavy atom. The molecule has 0 radical (unpaired) electrons. The molecule has 1 amide bonds. The number of fused-ring (bicyclic) bond motifs is 1. The first kappa shape index (κ1) is 21.2. The van der Waals surface area contributed by atoms with Gasteiger partial charge in [0.05, 0.1) is 24.3 Å². The van der Waals surface area contributed by atoms with Crippen molar-refractivity contribution in [2.75, 3.05) is 13.7 Å². The van der Waals surface area contributed by atoms with E-state index in [0.717, 1.165) is 12.8 Å². The number of methoxy groups -OCH3 is 1. The highest BCUT2D eigenvalue weighted by molar-refractivity contribution is 5.78. The molecule has 2 N–H and O–H groups in total. The Morgan fingerprint density at radius 1 is 1.34 bits per heavy atom. The van der Waals surface area contributed by atoms with E-state index in [-0.39, 0.29) is 18.2 Å². The summed E-state index contributed by atoms with van der Waals surface area (Å²) in [4.78, 5) is 22.9. The maximum atomic E-state index is 14.6. The minimum absolute atomic E-state index is 0.0714. The zero-order valence-corrected chi connectivity index (χ0v) is 17.4. The van der Waals surface area contributed by atoms with Crippen molar-refractivity contribution < 1.29 is 18.7 Å². The molecule has 8 heteroatoms. The Balaban J connectivity index is 1.81. The highest BCUT2D eigenvalue weighted by Gasteiger charge is 2.33. The first-order valence-corrected chi connectivity index (χ1v) is 9.91. The number of aryl methyl sites for hydroxylation is 1. The van der Waals surface area contributed by atoms with Crippen molar-refractivity contribution in [1.82, 2.24) is 14.9 Å². The molecule has 29 heavy (non-hydrogen) atoms. The summed E-state index contributed by atoms with van der Waals surface area (Å²) in [5, 5.41) is 0. The molecule has 1 aliphatic rings. The first-order valence-electron chi connectivity index (χ1n) is 9.91. The third kappa shape index (κ3) is 5.12. The zero-order chi connectivity index (χ0) is 21.2. The normalized spacial score (nSPS) is 20.0. The summed E-state index contributed by atoms with van der Waals surface area (Å²) in [7, 11) is 1.52. The molecular formula is C21H29FN4O3. The lowest BCUT2D eigenvalue weighted by Gasteiger charge is -2.39. The molecule has 1 fully saturated rings. The van der Waals surface area contributed by atoms with Gasteiger partial charge in [-0.05, 0) is 52.5 Å². The van der Waals surface area contributed by atoms with Gasteiger partial charge in [-0.1, -0.05) is 0 Å². The second-order valence-electron chi connectivity index (χ2n) is 8.47. The number of carbonyl (C=O) groups excluding carboxylic acids is 1. The number of nitrogens with two attached hydrogens (primary N) is 1. The number of piperidine rings is 1. The number of nitrogens with zero attached hydrogens (tertiary/aromatic N) is 3. The van der Waals surface area contributed by atoms with Gasteiger partial charge in [0.2, 0.25) is 5.88 Å². The second-order valence-corrected chi connectivity index (χ2v) is 8.47. The lowest BCUT2D eigenvalue weighted by atomic mass is 9.93. The predicted octanol–water partition coefficient (Wildman–Crippen LogP) is 3.44. The van der Waals surface area contributed by atoms with Crippen LogP contribution in [0.5, 0.6) is 5.88 Å². The van der Waals surface area contributed by atoms with Gasteiger partial charge in [0.1, 0.15) is 11.4 Å². The number of amides is 1. The van der Waals surface area contributed by atoms with E-state index >= 15 is 0 Å². The number of ether oxygens (including phenoxy) is 2. The van der Waals surface area contributed by atoms with Crippen LogP contribution in [0.25, 0.3) is 11.0 Å². The SMILES string of the molecule is COc1ccc2ncc(F)c(CC[C@H]3CC[C@H](N)CN3C(=O)OC(C)(C)C)c2n1. The molecule has 1 saturated heterocycles. The van der Waals surface area contributed by atoms with Crippen molar-refractivity contribution in [1.29, 1.82) is 0 Å². The minimum atomic E-state index is -0.586. The van der Waals surface area contributed by atoms with Crippen LogP contribution in [-0.2, 0) is 11.2 Å². The number of hydrogen-bond donors (Lipinski definition) is 1. The van der Waals surface area contributed by atoms with E-state index in [4.69, 9.17) is 15.2 Å². The summed E-state index contributed by atoms with van der Waals surface area (Å²) < 4.78 is 25.3. The van der Waals surface area contributed by atoms with E-state index in [2.05, 4.69) is 9.97 Å². The highest BCUT2D eigenvalue weighted by atomic mass is 19.1. The second kappa shape index (κ2) is 8.49. The number of halogens is 1. The summed E-state index contributed by atoms with van der Waals surface area (Å²) in [5.41, 5.74) is 7.07. The predicted molar refractivity (Wildman–Crippen MR) is 108 cm³/mol. The standard InChI is InChI=1S/C21H29FN4O3/c1-21(2,3)29-20(27)26-12-13(23)5-6-14(26)7-8-15-16(22)11-24-17-9-10-18(28-4)25-19(15)17/h9-11,13-14H,5-8,12,23H2,1-4H3/t13-,14+/m0/s1. The Hall–Kier alpha value is -2.48. The van der Waals surface area contributed by atoms with Gasteiger partial charge >= 0.3 is 6.09 Å². The molecule has 158 valence electrons. The number of likely N-dealkylation sites (tertiary alicyclic amines) is 1. The Kier molecular flexibility index (Phi) is 6.21. The van der Waals surface area contributed by atoms with Crippen LogP contribution in [0.2, 0.25) is 0 Å². The molecule has 0 aliphatic carbocycles. The topological polar surface area (TPSA) is 90.6 Å². The molecular weight excluding hydrogens is 375 g/mol. The molecule has 0 bridgehead atoms. The monoisotopic (exact) mass is 404 g/mol. The fourth-order valence-corrected chi connectivity index (χ4v) is 3.64. The third-order valence-corrected chi connectivity index (χ3v) is 5.05. The average Bonchev–Trinajstić information content (AvgIpc) is 2.66. The van der Waals surface area contributed by atoms with Crippen molar-refractivity contribution >= 4 is 17.1 Å². The van der Waals surface area contributed by atoms with Crippen LogP contribution in [0.4, 0.5) is 9.18 Å². The van der Waals surface area contributed by atoms with Crippen molar-refractivity contribution in [2.24, 2.45) is 5.73 Å². The van der Waals surface area contributed by atoms with E-state index in [1.165, 1.54) is 13.3 Å². The molecule has 1 aliphatic heterocycles. The van der Waals surface area contributed by atoms with Crippen LogP contribution in [-0.4, -0.2) is 52.3 Å². The highest BCUT2D eigenvalue weighted by Crippen LogP contribution is 2.27. The first-order chi connectivity index (χ1) is 13.7. The van der Waals surface area contributed by atoms with E-state index in [9.17, 15) is 9.18 Å². The van der Waals surface area contributed by atoms with Crippen LogP contribution in [0, 0.1) is 5.82 Å². The summed E-state index contributed by atoms with van der Waals surface area (Å²) in [6.07, 6.45) is 3.41. The molecule has 3 rings (SSSR count). The largest absolute Gasteiger partial charge is 0.481 e. The van der Waals surface area contributed by atoms with E-state index in [1.807, 2.05) is 20.8 Å². The molecule has 2 aromatic heterocycles. The van der Waals surface area contributed by atoms with Gasteiger partial charge in [-0.3, -0.25) is 4.98 Å². The number of pyridine rings is 2. The fourth-order valence-electron chi connectivity index (χ4n) is 3.64. The van der Waals surface area contributed by atoms with Gasteiger partial charge in [-0.15, -0.1) is 0 Å². The Morgan fingerprint density at radius 2 is 2.10 bits per heavy atom. The van der Waals surface area contributed by atoms with Gasteiger partial charge in [0, 0.05) is 30.3 Å². The molecule has 0 aromatic carbocycles.